The number of benzene rings is 1. The minimum absolute atomic E-state index is 0.119. The fraction of sp³-hybridized carbons (Fsp3) is 0.188. The van der Waals surface area contributed by atoms with Crippen LogP contribution in [-0.2, 0) is 35.8 Å². The minimum atomic E-state index is -4.53. The molecule has 0 aliphatic carbocycles. The van der Waals surface area contributed by atoms with E-state index >= 15 is 0 Å². The Morgan fingerprint density at radius 3 is 2.48 bits per heavy atom. The van der Waals surface area contributed by atoms with E-state index in [4.69, 9.17) is 4.84 Å². The number of nitrogens with zero attached hydrogens (tertiary/aromatic N) is 3. The zero-order valence-corrected chi connectivity index (χ0v) is 17.7. The van der Waals surface area contributed by atoms with Gasteiger partial charge in [-0.15, -0.1) is 10.2 Å². The second-order valence-corrected chi connectivity index (χ2v) is 8.54. The summed E-state index contributed by atoms with van der Waals surface area (Å²) >= 11 is 0.467. The summed E-state index contributed by atoms with van der Waals surface area (Å²) in [4.78, 5) is 40.0. The first-order valence-corrected chi connectivity index (χ1v) is 10.5. The van der Waals surface area contributed by atoms with Crippen molar-refractivity contribution in [1.82, 2.24) is 20.0 Å². The molecule has 2 rings (SSSR count). The second kappa shape index (κ2) is 10.1. The highest BCUT2D eigenvalue weighted by atomic mass is 32.2. The van der Waals surface area contributed by atoms with E-state index in [2.05, 4.69) is 15.5 Å². The van der Waals surface area contributed by atoms with Crippen LogP contribution in [-0.4, -0.2) is 53.6 Å². The number of rotatable bonds is 8. The van der Waals surface area contributed by atoms with Crippen LogP contribution in [0, 0.1) is 5.82 Å². The van der Waals surface area contributed by atoms with Gasteiger partial charge in [0.1, 0.15) is 5.82 Å². The largest absolute Gasteiger partial charge is 0.503 e. The predicted octanol–water partition coefficient (Wildman–Crippen LogP) is 0.473. The molecule has 1 aromatic heterocycles. The van der Waals surface area contributed by atoms with Gasteiger partial charge in [0.05, 0.1) is 19.7 Å². The van der Waals surface area contributed by atoms with Crippen LogP contribution in [0.4, 0.5) is 9.52 Å². The molecule has 1 heterocycles. The number of hydrogen-bond acceptors (Lipinski definition) is 10. The zero-order chi connectivity index (χ0) is 23.2. The van der Waals surface area contributed by atoms with E-state index in [1.54, 1.807) is 0 Å². The standard InChI is InChI=1S/C16H16FN5O7S2/c1-9(23)18-15-19-20-16(30-15)31(27,28)21-14(26)12(24)7-13(25)22(29-2)8-10-3-5-11(17)6-4-10/h3-7,24H,8H2,1-2H3,(H,21,26)(H,18,19,23)/b12-7-. The SMILES string of the molecule is CON(Cc1ccc(F)cc1)C(=O)/C=C(\O)C(=O)NS(=O)(=O)c1nnc(NC(C)=O)s1. The van der Waals surface area contributed by atoms with Crippen molar-refractivity contribution in [2.24, 2.45) is 0 Å². The number of carbonyl (C=O) groups excluding carboxylic acids is 3. The fourth-order valence-electron chi connectivity index (χ4n) is 1.98. The summed E-state index contributed by atoms with van der Waals surface area (Å²) in [7, 11) is -3.38. The van der Waals surface area contributed by atoms with E-state index in [9.17, 15) is 32.3 Å². The molecule has 0 fully saturated rings. The number of hydroxylamine groups is 2. The number of nitrogens with one attached hydrogen (secondary N) is 2. The van der Waals surface area contributed by atoms with Crippen LogP contribution < -0.4 is 10.0 Å². The van der Waals surface area contributed by atoms with Crippen molar-refractivity contribution in [3.63, 3.8) is 0 Å². The molecule has 0 aliphatic heterocycles. The normalized spacial score (nSPS) is 11.6. The smallest absolute Gasteiger partial charge is 0.300 e. The van der Waals surface area contributed by atoms with Crippen molar-refractivity contribution in [2.45, 2.75) is 17.8 Å². The van der Waals surface area contributed by atoms with E-state index in [1.807, 2.05) is 0 Å². The molecule has 31 heavy (non-hydrogen) atoms. The van der Waals surface area contributed by atoms with Crippen molar-refractivity contribution < 1.29 is 37.1 Å². The van der Waals surface area contributed by atoms with Crippen LogP contribution >= 0.6 is 11.3 Å². The Labute approximate surface area is 179 Å². The molecular weight excluding hydrogens is 457 g/mol. The van der Waals surface area contributed by atoms with Crippen LogP contribution in [0.1, 0.15) is 12.5 Å². The average molecular weight is 473 g/mol. The van der Waals surface area contributed by atoms with Crippen molar-refractivity contribution in [3.05, 3.63) is 47.5 Å². The van der Waals surface area contributed by atoms with Gasteiger partial charge < -0.3 is 10.4 Å². The fourth-order valence-corrected chi connectivity index (χ4v) is 3.89. The summed E-state index contributed by atoms with van der Waals surface area (Å²) < 4.78 is 38.2. The van der Waals surface area contributed by atoms with Gasteiger partial charge in [0.25, 0.3) is 26.2 Å². The highest BCUT2D eigenvalue weighted by Gasteiger charge is 2.25. The molecule has 0 saturated heterocycles. The lowest BCUT2D eigenvalue weighted by molar-refractivity contribution is -0.173. The zero-order valence-electron chi connectivity index (χ0n) is 16.0. The first-order chi connectivity index (χ1) is 14.5. The second-order valence-electron chi connectivity index (χ2n) is 5.70. The Morgan fingerprint density at radius 1 is 1.26 bits per heavy atom. The quantitative estimate of drug-likeness (QED) is 0.214. The van der Waals surface area contributed by atoms with Gasteiger partial charge in [-0.25, -0.2) is 14.2 Å². The van der Waals surface area contributed by atoms with E-state index < -0.39 is 43.7 Å². The van der Waals surface area contributed by atoms with Gasteiger partial charge in [0.15, 0.2) is 5.76 Å². The van der Waals surface area contributed by atoms with E-state index in [0.29, 0.717) is 23.0 Å². The third-order valence-electron chi connectivity index (χ3n) is 3.34. The maximum absolute atomic E-state index is 13.0. The number of aliphatic hydroxyl groups excluding tert-OH is 1. The number of sulfonamides is 1. The van der Waals surface area contributed by atoms with E-state index in [0.717, 1.165) is 12.2 Å². The first-order valence-electron chi connectivity index (χ1n) is 8.20. The van der Waals surface area contributed by atoms with Crippen molar-refractivity contribution in [1.29, 1.82) is 0 Å². The average Bonchev–Trinajstić information content (AvgIpc) is 3.15. The molecular formula is C16H16FN5O7S2. The molecule has 15 heteroatoms. The monoisotopic (exact) mass is 473 g/mol. The molecule has 0 bridgehead atoms. The van der Waals surface area contributed by atoms with Gasteiger partial charge >= 0.3 is 0 Å². The number of hydrogen-bond donors (Lipinski definition) is 3. The van der Waals surface area contributed by atoms with Gasteiger partial charge in [0.2, 0.25) is 11.0 Å². The number of anilines is 1. The Balaban J connectivity index is 2.07. The molecule has 3 N–H and O–H groups in total. The summed E-state index contributed by atoms with van der Waals surface area (Å²) in [6.07, 6.45) is 0.445. The molecule has 2 aromatic rings. The summed E-state index contributed by atoms with van der Waals surface area (Å²) in [5, 5.41) is 19.4. The van der Waals surface area contributed by atoms with Crippen molar-refractivity contribution in [2.75, 3.05) is 12.4 Å². The van der Waals surface area contributed by atoms with Crippen LogP contribution in [0.5, 0.6) is 0 Å². The maximum Gasteiger partial charge on any atom is 0.300 e. The molecule has 0 aliphatic rings. The maximum atomic E-state index is 13.0. The number of carbonyl (C=O) groups is 3. The first kappa shape index (κ1) is 23.8. The van der Waals surface area contributed by atoms with Gasteiger partial charge in [0, 0.05) is 6.92 Å². The third-order valence-corrected chi connectivity index (χ3v) is 5.88. The van der Waals surface area contributed by atoms with Gasteiger partial charge in [-0.2, -0.15) is 8.42 Å². The van der Waals surface area contributed by atoms with Crippen LogP contribution in [0.3, 0.4) is 0 Å². The molecule has 1 aromatic carbocycles. The lowest BCUT2D eigenvalue weighted by atomic mass is 10.2. The Hall–Kier alpha value is -3.43. The molecule has 0 atom stereocenters. The Morgan fingerprint density at radius 2 is 1.90 bits per heavy atom. The molecule has 166 valence electrons. The summed E-state index contributed by atoms with van der Waals surface area (Å²) in [6, 6.07) is 5.14. The third kappa shape index (κ3) is 6.80. The predicted molar refractivity (Wildman–Crippen MR) is 104 cm³/mol. The Kier molecular flexibility index (Phi) is 7.73. The topological polar surface area (TPSA) is 168 Å². The summed E-state index contributed by atoms with van der Waals surface area (Å²) in [5.41, 5.74) is 0.489. The van der Waals surface area contributed by atoms with E-state index in [-0.39, 0.29) is 11.7 Å². The van der Waals surface area contributed by atoms with Crippen LogP contribution in [0.25, 0.3) is 0 Å². The molecule has 12 nitrogen and oxygen atoms in total. The highest BCUT2D eigenvalue weighted by molar-refractivity contribution is 7.92. The van der Waals surface area contributed by atoms with Gasteiger partial charge in [-0.1, -0.05) is 23.5 Å². The highest BCUT2D eigenvalue weighted by Crippen LogP contribution is 2.19. The Bertz CT molecular complexity index is 1120. The number of aromatic nitrogens is 2. The molecule has 0 spiro atoms. The minimum Gasteiger partial charge on any atom is -0.503 e. The molecule has 0 unspecified atom stereocenters. The van der Waals surface area contributed by atoms with Crippen molar-refractivity contribution in [3.8, 4) is 0 Å². The lowest BCUT2D eigenvalue weighted by Crippen LogP contribution is -2.33. The van der Waals surface area contributed by atoms with Crippen LogP contribution in [0.15, 0.2) is 40.4 Å². The van der Waals surface area contributed by atoms with Gasteiger partial charge in [-0.3, -0.25) is 19.2 Å². The summed E-state index contributed by atoms with van der Waals surface area (Å²) in [6.45, 7) is 1.03. The van der Waals surface area contributed by atoms with Gasteiger partial charge in [-0.05, 0) is 17.7 Å². The lowest BCUT2D eigenvalue weighted by Gasteiger charge is -2.18. The molecule has 3 amide bonds. The summed E-state index contributed by atoms with van der Waals surface area (Å²) in [5.74, 6) is -4.70. The number of aliphatic hydroxyl groups is 1. The van der Waals surface area contributed by atoms with E-state index in [1.165, 1.54) is 35.9 Å². The van der Waals surface area contributed by atoms with Crippen LogP contribution in [0.2, 0.25) is 0 Å². The molecule has 0 saturated carbocycles. The molecule has 0 radical (unpaired) electrons. The number of amides is 3. The number of halogens is 1. The van der Waals surface area contributed by atoms with Crippen molar-refractivity contribution >= 4 is 44.2 Å².